The summed E-state index contributed by atoms with van der Waals surface area (Å²) in [7, 11) is 0.824. The highest BCUT2D eigenvalue weighted by atomic mass is 31.2. The molecule has 1 fully saturated rings. The van der Waals surface area contributed by atoms with Crippen LogP contribution < -0.4 is 4.74 Å². The first-order chi connectivity index (χ1) is 13.4. The van der Waals surface area contributed by atoms with Crippen LogP contribution in [0.3, 0.4) is 0 Å². The maximum Gasteiger partial charge on any atom is 0.170 e. The number of aromatic nitrogens is 2. The monoisotopic (exact) mass is 402 g/mol. The number of ether oxygens (including phenoxy) is 1. The topological polar surface area (TPSA) is 87.9 Å². The van der Waals surface area contributed by atoms with Gasteiger partial charge in [0.15, 0.2) is 24.6 Å². The first-order valence-electron chi connectivity index (χ1n) is 9.41. The Kier molecular flexibility index (Phi) is 6.47. The van der Waals surface area contributed by atoms with E-state index >= 15 is 0 Å². The molecule has 28 heavy (non-hydrogen) atoms. The molecule has 150 valence electrons. The molecule has 0 spiro atoms. The lowest BCUT2D eigenvalue weighted by Gasteiger charge is -2.36. The number of benzene rings is 1. The third-order valence-corrected chi connectivity index (χ3v) is 8.81. The largest absolute Gasteiger partial charge is 0.504 e. The molecule has 0 aliphatic carbocycles. The summed E-state index contributed by atoms with van der Waals surface area (Å²) in [5, 5.41) is 9.86. The van der Waals surface area contributed by atoms with Crippen LogP contribution in [0.15, 0.2) is 35.6 Å². The molecule has 7 nitrogen and oxygen atoms in total. The summed E-state index contributed by atoms with van der Waals surface area (Å²) in [6.07, 6.45) is 8.28. The van der Waals surface area contributed by atoms with Crippen LogP contribution in [0.4, 0.5) is 5.82 Å². The van der Waals surface area contributed by atoms with Gasteiger partial charge in [0.2, 0.25) is 0 Å². The van der Waals surface area contributed by atoms with Gasteiger partial charge >= 0.3 is 0 Å². The number of rotatable bonds is 6. The van der Waals surface area contributed by atoms with Crippen molar-refractivity contribution in [2.24, 2.45) is 4.99 Å². The predicted octanol–water partition coefficient (Wildman–Crippen LogP) is 3.82. The Labute approximate surface area is 165 Å². The second-order valence-electron chi connectivity index (χ2n) is 7.14. The maximum absolute atomic E-state index is 13.9. The first kappa shape index (κ1) is 20.5. The van der Waals surface area contributed by atoms with Gasteiger partial charge < -0.3 is 14.4 Å². The summed E-state index contributed by atoms with van der Waals surface area (Å²) in [5.41, 5.74) is 1.51. The molecular formula is C20H27N4O3P. The number of hydrogen-bond acceptors (Lipinski definition) is 6. The third kappa shape index (κ3) is 4.59. The smallest absolute Gasteiger partial charge is 0.170 e. The van der Waals surface area contributed by atoms with E-state index < -0.39 is 7.29 Å². The second-order valence-corrected chi connectivity index (χ2v) is 10.4. The minimum Gasteiger partial charge on any atom is -0.504 e. The van der Waals surface area contributed by atoms with Gasteiger partial charge in [-0.2, -0.15) is 0 Å². The number of methoxy groups -OCH3 is 1. The van der Waals surface area contributed by atoms with Gasteiger partial charge in [-0.25, -0.2) is 9.98 Å². The molecule has 0 radical (unpaired) electrons. The van der Waals surface area contributed by atoms with Crippen molar-refractivity contribution in [3.05, 3.63) is 41.9 Å². The first-order valence-corrected chi connectivity index (χ1v) is 11.3. The fourth-order valence-corrected chi connectivity index (χ4v) is 6.55. The zero-order valence-electron chi connectivity index (χ0n) is 16.6. The average molecular weight is 402 g/mol. The average Bonchev–Trinajstić information content (AvgIpc) is 2.70. The summed E-state index contributed by atoms with van der Waals surface area (Å²) >= 11 is 0. The van der Waals surface area contributed by atoms with Crippen molar-refractivity contribution in [1.29, 1.82) is 0 Å². The molecule has 1 N–H and O–H groups in total. The Morgan fingerprint density at radius 1 is 1.36 bits per heavy atom. The lowest BCUT2D eigenvalue weighted by Crippen LogP contribution is -2.31. The minimum atomic E-state index is -2.63. The Balaban J connectivity index is 1.92. The fourth-order valence-electron chi connectivity index (χ4n) is 3.44. The summed E-state index contributed by atoms with van der Waals surface area (Å²) in [4.78, 5) is 13.0. The maximum atomic E-state index is 13.9. The van der Waals surface area contributed by atoms with Crippen LogP contribution in [-0.2, 0) is 11.0 Å². The van der Waals surface area contributed by atoms with Crippen LogP contribution in [0.2, 0.25) is 0 Å². The molecule has 1 aromatic carbocycles. The Hall–Kier alpha value is -2.24. The van der Waals surface area contributed by atoms with Gasteiger partial charge in [0.05, 0.1) is 30.9 Å². The SMILES string of the molecule is COc1cc(CC(C=Nc2cnc(C)cn2)P2(=O)CCCCN2C)ccc1O. The van der Waals surface area contributed by atoms with Crippen molar-refractivity contribution in [3.8, 4) is 11.5 Å². The van der Waals surface area contributed by atoms with Crippen molar-refractivity contribution >= 4 is 19.3 Å². The van der Waals surface area contributed by atoms with Crippen molar-refractivity contribution in [3.63, 3.8) is 0 Å². The van der Waals surface area contributed by atoms with Crippen LogP contribution >= 0.6 is 7.29 Å². The highest BCUT2D eigenvalue weighted by Gasteiger charge is 2.38. The fraction of sp³-hybridized carbons (Fsp3) is 0.450. The molecule has 0 bridgehead atoms. The molecule has 1 aromatic heterocycles. The molecule has 1 aliphatic heterocycles. The number of hydrogen-bond donors (Lipinski definition) is 1. The van der Waals surface area contributed by atoms with Gasteiger partial charge in [0, 0.05) is 18.9 Å². The number of phenols is 1. The lowest BCUT2D eigenvalue weighted by atomic mass is 10.1. The summed E-state index contributed by atoms with van der Waals surface area (Å²) in [5.74, 6) is 1.01. The molecule has 2 aromatic rings. The lowest BCUT2D eigenvalue weighted by molar-refractivity contribution is 0.373. The quantitative estimate of drug-likeness (QED) is 0.584. The van der Waals surface area contributed by atoms with E-state index in [0.29, 0.717) is 24.2 Å². The zero-order valence-corrected chi connectivity index (χ0v) is 17.5. The van der Waals surface area contributed by atoms with Gasteiger partial charge in [-0.1, -0.05) is 6.07 Å². The van der Waals surface area contributed by atoms with Crippen LogP contribution in [0.5, 0.6) is 11.5 Å². The van der Waals surface area contributed by atoms with Gasteiger partial charge in [-0.15, -0.1) is 0 Å². The third-order valence-electron chi connectivity index (χ3n) is 5.14. The van der Waals surface area contributed by atoms with E-state index in [1.54, 1.807) is 30.7 Å². The van der Waals surface area contributed by atoms with E-state index in [9.17, 15) is 9.67 Å². The van der Waals surface area contributed by atoms with Crippen LogP contribution in [0.1, 0.15) is 24.1 Å². The highest BCUT2D eigenvalue weighted by Crippen LogP contribution is 2.56. The van der Waals surface area contributed by atoms with E-state index in [4.69, 9.17) is 4.74 Å². The molecule has 3 rings (SSSR count). The van der Waals surface area contributed by atoms with E-state index in [0.717, 1.165) is 30.6 Å². The Morgan fingerprint density at radius 3 is 2.86 bits per heavy atom. The van der Waals surface area contributed by atoms with E-state index in [-0.39, 0.29) is 11.4 Å². The van der Waals surface area contributed by atoms with Gasteiger partial charge in [0.1, 0.15) is 0 Å². The zero-order chi connectivity index (χ0) is 20.1. The molecule has 1 saturated heterocycles. The van der Waals surface area contributed by atoms with Gasteiger partial charge in [-0.3, -0.25) is 9.65 Å². The van der Waals surface area contributed by atoms with Crippen molar-refractivity contribution < 1.29 is 14.4 Å². The molecule has 2 heterocycles. The van der Waals surface area contributed by atoms with Gasteiger partial charge in [0.25, 0.3) is 0 Å². The van der Waals surface area contributed by atoms with Crippen LogP contribution in [-0.4, -0.2) is 58.5 Å². The van der Waals surface area contributed by atoms with Gasteiger partial charge in [-0.05, 0) is 50.9 Å². The molecule has 8 heteroatoms. The number of aromatic hydroxyl groups is 1. The predicted molar refractivity (Wildman–Crippen MR) is 111 cm³/mol. The van der Waals surface area contributed by atoms with Crippen molar-refractivity contribution in [2.75, 3.05) is 26.9 Å². The van der Waals surface area contributed by atoms with E-state index in [1.807, 2.05) is 24.7 Å². The minimum absolute atomic E-state index is 0.0906. The number of nitrogens with zero attached hydrogens (tertiary/aromatic N) is 4. The summed E-state index contributed by atoms with van der Waals surface area (Å²) in [6, 6.07) is 5.23. The van der Waals surface area contributed by atoms with Crippen LogP contribution in [0, 0.1) is 6.92 Å². The second kappa shape index (κ2) is 8.84. The van der Waals surface area contributed by atoms with Crippen molar-refractivity contribution in [2.45, 2.75) is 31.8 Å². The van der Waals surface area contributed by atoms with Crippen molar-refractivity contribution in [1.82, 2.24) is 14.6 Å². The van der Waals surface area contributed by atoms with Crippen LogP contribution in [0.25, 0.3) is 0 Å². The summed E-state index contributed by atoms with van der Waals surface area (Å²) in [6.45, 7) is 2.70. The standard InChI is InChI=1S/C20H27N4O3P/c1-15-12-22-20(14-21-15)23-13-17(28(26)9-5-4-8-24(28)2)10-16-6-7-18(25)19(11-16)27-3/h6-7,11-14,17,25H,4-5,8-10H2,1-3H3. The number of aryl methyl sites for hydroxylation is 1. The Bertz CT molecular complexity index is 886. The van der Waals surface area contributed by atoms with E-state index in [1.165, 1.54) is 7.11 Å². The normalized spacial score (nSPS) is 21.7. The molecule has 2 atom stereocenters. The number of phenolic OH excluding ortho intramolecular Hbond substituents is 1. The number of aliphatic imine (C=N–C) groups is 1. The highest BCUT2D eigenvalue weighted by molar-refractivity contribution is 7.63. The summed E-state index contributed by atoms with van der Waals surface area (Å²) < 4.78 is 21.1. The molecular weight excluding hydrogens is 375 g/mol. The molecule has 1 aliphatic rings. The Morgan fingerprint density at radius 2 is 2.18 bits per heavy atom. The molecule has 2 unspecified atom stereocenters. The molecule has 0 amide bonds. The van der Waals surface area contributed by atoms with E-state index in [2.05, 4.69) is 15.0 Å². The molecule has 0 saturated carbocycles.